The van der Waals surface area contributed by atoms with E-state index in [-0.39, 0.29) is 6.61 Å². The molecule has 0 aliphatic rings. The summed E-state index contributed by atoms with van der Waals surface area (Å²) in [5, 5.41) is 13.8. The third-order valence-corrected chi connectivity index (χ3v) is 5.04. The van der Waals surface area contributed by atoms with Crippen LogP contribution in [0.15, 0.2) is 79.0 Å². The van der Waals surface area contributed by atoms with Crippen molar-refractivity contribution < 1.29 is 9.90 Å². The molecule has 0 unspecified atom stereocenters. The normalized spacial score (nSPS) is 10.9. The number of nitrogens with zero attached hydrogens (tertiary/aromatic N) is 1. The van der Waals surface area contributed by atoms with Crippen molar-refractivity contribution in [3.63, 3.8) is 0 Å². The zero-order valence-corrected chi connectivity index (χ0v) is 16.0. The van der Waals surface area contributed by atoms with E-state index in [9.17, 15) is 9.90 Å². The molecule has 0 radical (unpaired) electrons. The summed E-state index contributed by atoms with van der Waals surface area (Å²) >= 11 is 0. The second kappa shape index (κ2) is 8.20. The molecule has 3 aromatic carbocycles. The van der Waals surface area contributed by atoms with Gasteiger partial charge in [0.2, 0.25) is 5.91 Å². The Labute approximate surface area is 169 Å². The first-order valence-corrected chi connectivity index (χ1v) is 9.52. The molecule has 1 amide bonds. The van der Waals surface area contributed by atoms with Crippen LogP contribution in [0, 0.1) is 0 Å². The number of anilines is 1. The minimum atomic E-state index is -0.418. The predicted octanol–water partition coefficient (Wildman–Crippen LogP) is 3.89. The van der Waals surface area contributed by atoms with E-state index in [2.05, 4.69) is 40.3 Å². The molecule has 0 aliphatic carbocycles. The molecule has 4 N–H and O–H groups in total. The summed E-state index contributed by atoms with van der Waals surface area (Å²) in [6.45, 7) is 1.43. The molecule has 0 fully saturated rings. The largest absolute Gasteiger partial charge is 0.392 e. The van der Waals surface area contributed by atoms with E-state index in [1.165, 1.54) is 10.9 Å². The Morgan fingerprint density at radius 1 is 0.931 bits per heavy atom. The quantitative estimate of drug-likeness (QED) is 0.451. The number of nitrogens with two attached hydrogens (primary N) is 1. The first-order valence-electron chi connectivity index (χ1n) is 9.52. The number of primary amides is 1. The van der Waals surface area contributed by atoms with Gasteiger partial charge in [-0.2, -0.15) is 0 Å². The third-order valence-electron chi connectivity index (χ3n) is 5.04. The number of aliphatic hydroxyl groups excluding tert-OH is 1. The van der Waals surface area contributed by atoms with Gasteiger partial charge in [-0.1, -0.05) is 42.5 Å². The van der Waals surface area contributed by atoms with E-state index in [1.54, 1.807) is 6.07 Å². The lowest BCUT2D eigenvalue weighted by Crippen LogP contribution is -2.11. The fourth-order valence-corrected chi connectivity index (χ4v) is 3.42. The molecule has 4 rings (SSSR count). The number of hydrogen-bond acceptors (Lipinski definition) is 3. The summed E-state index contributed by atoms with van der Waals surface area (Å²) in [5.74, 6) is -0.418. The van der Waals surface area contributed by atoms with Crippen LogP contribution in [0.5, 0.6) is 0 Å². The number of aromatic nitrogens is 1. The number of benzene rings is 3. The zero-order valence-electron chi connectivity index (χ0n) is 16.0. The van der Waals surface area contributed by atoms with Gasteiger partial charge in [0.1, 0.15) is 0 Å². The molecule has 0 saturated heterocycles. The lowest BCUT2D eigenvalue weighted by atomic mass is 10.1. The highest BCUT2D eigenvalue weighted by molar-refractivity contribution is 5.92. The molecular formula is C24H23N3O2. The van der Waals surface area contributed by atoms with Crippen LogP contribution in [0.3, 0.4) is 0 Å². The van der Waals surface area contributed by atoms with Gasteiger partial charge in [-0.05, 0) is 52.4 Å². The van der Waals surface area contributed by atoms with Gasteiger partial charge in [0.25, 0.3) is 0 Å². The van der Waals surface area contributed by atoms with Crippen LogP contribution in [0.25, 0.3) is 10.9 Å². The van der Waals surface area contributed by atoms with E-state index < -0.39 is 5.91 Å². The summed E-state index contributed by atoms with van der Waals surface area (Å²) < 4.78 is 2.21. The van der Waals surface area contributed by atoms with Crippen molar-refractivity contribution in [1.82, 2.24) is 4.57 Å². The smallest absolute Gasteiger partial charge is 0.248 e. The average molecular weight is 385 g/mol. The topological polar surface area (TPSA) is 80.3 Å². The number of amides is 1. The Morgan fingerprint density at radius 2 is 1.72 bits per heavy atom. The van der Waals surface area contributed by atoms with Crippen molar-refractivity contribution >= 4 is 22.5 Å². The SMILES string of the molecule is NC(=O)c1cccc(CNc2ccc3ccn(Cc4ccc(CO)cc4)c3c2)c1. The Morgan fingerprint density at radius 3 is 2.48 bits per heavy atom. The number of rotatable bonds is 7. The van der Waals surface area contributed by atoms with Gasteiger partial charge >= 0.3 is 0 Å². The molecule has 0 bridgehead atoms. The maximum absolute atomic E-state index is 11.4. The first kappa shape index (κ1) is 18.8. The molecule has 4 aromatic rings. The van der Waals surface area contributed by atoms with Crippen molar-refractivity contribution in [2.75, 3.05) is 5.32 Å². The summed E-state index contributed by atoms with van der Waals surface area (Å²) in [7, 11) is 0. The standard InChI is InChI=1S/C24H23N3O2/c25-24(29)21-3-1-2-19(12-21)14-26-22-9-8-20-10-11-27(23(20)13-22)15-17-4-6-18(16-28)7-5-17/h1-13,26,28H,14-16H2,(H2,25,29). The summed E-state index contributed by atoms with van der Waals surface area (Å²) in [6, 6.07) is 23.7. The first-order chi connectivity index (χ1) is 14.1. The Hall–Kier alpha value is -3.57. The molecule has 5 heteroatoms. The lowest BCUT2D eigenvalue weighted by Gasteiger charge is -2.10. The summed E-state index contributed by atoms with van der Waals surface area (Å²) in [4.78, 5) is 11.4. The van der Waals surface area contributed by atoms with E-state index in [0.29, 0.717) is 12.1 Å². The average Bonchev–Trinajstić information content (AvgIpc) is 3.15. The summed E-state index contributed by atoms with van der Waals surface area (Å²) in [5.41, 5.74) is 11.1. The molecule has 29 heavy (non-hydrogen) atoms. The second-order valence-electron chi connectivity index (χ2n) is 7.11. The van der Waals surface area contributed by atoms with Crippen molar-refractivity contribution in [1.29, 1.82) is 0 Å². The molecule has 0 spiro atoms. The van der Waals surface area contributed by atoms with Gasteiger partial charge in [-0.3, -0.25) is 4.79 Å². The molecular weight excluding hydrogens is 362 g/mol. The monoisotopic (exact) mass is 385 g/mol. The van der Waals surface area contributed by atoms with Crippen LogP contribution in [0.1, 0.15) is 27.0 Å². The highest BCUT2D eigenvalue weighted by Crippen LogP contribution is 2.22. The van der Waals surface area contributed by atoms with Gasteiger partial charge in [-0.25, -0.2) is 0 Å². The van der Waals surface area contributed by atoms with E-state index in [1.807, 2.05) is 42.5 Å². The number of carbonyl (C=O) groups excluding carboxylic acids is 1. The molecule has 0 atom stereocenters. The van der Waals surface area contributed by atoms with Crippen molar-refractivity contribution in [3.8, 4) is 0 Å². The molecule has 0 aliphatic heterocycles. The molecule has 0 saturated carbocycles. The Balaban J connectivity index is 1.51. The van der Waals surface area contributed by atoms with Gasteiger partial charge in [0.15, 0.2) is 0 Å². The molecule has 1 heterocycles. The Kier molecular flexibility index (Phi) is 5.31. The number of carbonyl (C=O) groups is 1. The van der Waals surface area contributed by atoms with Crippen LogP contribution < -0.4 is 11.1 Å². The molecule has 5 nitrogen and oxygen atoms in total. The van der Waals surface area contributed by atoms with Crippen LogP contribution in [0.4, 0.5) is 5.69 Å². The van der Waals surface area contributed by atoms with Crippen LogP contribution in [-0.2, 0) is 19.7 Å². The second-order valence-corrected chi connectivity index (χ2v) is 7.11. The predicted molar refractivity (Wildman–Crippen MR) is 116 cm³/mol. The molecule has 1 aromatic heterocycles. The van der Waals surface area contributed by atoms with Crippen LogP contribution >= 0.6 is 0 Å². The van der Waals surface area contributed by atoms with E-state index in [4.69, 9.17) is 5.73 Å². The Bertz CT molecular complexity index is 1150. The lowest BCUT2D eigenvalue weighted by molar-refractivity contribution is 0.1000. The van der Waals surface area contributed by atoms with Crippen LogP contribution in [-0.4, -0.2) is 15.6 Å². The van der Waals surface area contributed by atoms with Gasteiger partial charge in [0.05, 0.1) is 12.1 Å². The summed E-state index contributed by atoms with van der Waals surface area (Å²) in [6.07, 6.45) is 2.09. The number of aliphatic hydroxyl groups is 1. The molecule has 146 valence electrons. The number of nitrogens with one attached hydrogen (secondary N) is 1. The number of hydrogen-bond donors (Lipinski definition) is 3. The fourth-order valence-electron chi connectivity index (χ4n) is 3.42. The number of fused-ring (bicyclic) bond motifs is 1. The van der Waals surface area contributed by atoms with Crippen molar-refractivity contribution in [2.24, 2.45) is 5.73 Å². The van der Waals surface area contributed by atoms with Gasteiger partial charge < -0.3 is 20.7 Å². The minimum Gasteiger partial charge on any atom is -0.392 e. The minimum absolute atomic E-state index is 0.0596. The maximum Gasteiger partial charge on any atom is 0.248 e. The van der Waals surface area contributed by atoms with Crippen LogP contribution in [0.2, 0.25) is 0 Å². The highest BCUT2D eigenvalue weighted by atomic mass is 16.3. The highest BCUT2D eigenvalue weighted by Gasteiger charge is 2.05. The zero-order chi connectivity index (χ0) is 20.2. The van der Waals surface area contributed by atoms with Gasteiger partial charge in [-0.15, -0.1) is 0 Å². The van der Waals surface area contributed by atoms with Crippen molar-refractivity contribution in [3.05, 3.63) is 101 Å². The fraction of sp³-hybridized carbons (Fsp3) is 0.125. The maximum atomic E-state index is 11.4. The third kappa shape index (κ3) is 4.31. The van der Waals surface area contributed by atoms with E-state index >= 15 is 0 Å². The van der Waals surface area contributed by atoms with Crippen molar-refractivity contribution in [2.45, 2.75) is 19.7 Å². The van der Waals surface area contributed by atoms with Gasteiger partial charge in [0, 0.05) is 30.5 Å². The van der Waals surface area contributed by atoms with E-state index in [0.717, 1.165) is 28.9 Å².